The van der Waals surface area contributed by atoms with Gasteiger partial charge in [-0.25, -0.2) is 13.8 Å². The van der Waals surface area contributed by atoms with Gasteiger partial charge in [0.05, 0.1) is 5.54 Å². The van der Waals surface area contributed by atoms with E-state index in [4.69, 9.17) is 0 Å². The van der Waals surface area contributed by atoms with Gasteiger partial charge in [-0.2, -0.15) is 0 Å². The van der Waals surface area contributed by atoms with Crippen LogP contribution in [0.4, 0.5) is 8.78 Å². The van der Waals surface area contributed by atoms with Crippen molar-refractivity contribution in [1.82, 2.24) is 10.4 Å². The molecule has 1 N–H and O–H groups in total. The fraction of sp³-hybridized carbons (Fsp3) is 0.222. The van der Waals surface area contributed by atoms with Gasteiger partial charge in [-0.1, -0.05) is 24.3 Å². The number of hydrogen-bond donors (Lipinski definition) is 1. The Morgan fingerprint density at radius 1 is 0.917 bits per heavy atom. The third-order valence-electron chi connectivity index (χ3n) is 3.30. The zero-order chi connectivity index (χ0) is 17.9. The lowest BCUT2D eigenvalue weighted by molar-refractivity contribution is 0.0350. The first-order chi connectivity index (χ1) is 11.2. The van der Waals surface area contributed by atoms with Gasteiger partial charge >= 0.3 is 0 Å². The normalized spacial score (nSPS) is 11.0. The lowest BCUT2D eigenvalue weighted by Gasteiger charge is -2.35. The predicted molar refractivity (Wildman–Crippen MR) is 86.2 cm³/mol. The summed E-state index contributed by atoms with van der Waals surface area (Å²) in [5.74, 6) is -3.47. The van der Waals surface area contributed by atoms with Gasteiger partial charge in [0.2, 0.25) is 0 Å². The van der Waals surface area contributed by atoms with E-state index in [1.807, 2.05) is 0 Å². The van der Waals surface area contributed by atoms with Gasteiger partial charge in [-0.05, 0) is 45.0 Å². The minimum Gasteiger partial charge on any atom is -0.267 e. The summed E-state index contributed by atoms with van der Waals surface area (Å²) in [5, 5.41) is 0.934. The zero-order valence-corrected chi connectivity index (χ0v) is 13.6. The van der Waals surface area contributed by atoms with Crippen molar-refractivity contribution in [2.75, 3.05) is 0 Å². The predicted octanol–water partition coefficient (Wildman–Crippen LogP) is 3.55. The Kier molecular flexibility index (Phi) is 4.97. The average molecular weight is 332 g/mol. The van der Waals surface area contributed by atoms with Crippen LogP contribution in [0.15, 0.2) is 48.5 Å². The fourth-order valence-electron chi connectivity index (χ4n) is 2.09. The monoisotopic (exact) mass is 332 g/mol. The van der Waals surface area contributed by atoms with E-state index < -0.39 is 34.6 Å². The molecule has 0 aromatic heterocycles. The van der Waals surface area contributed by atoms with Crippen LogP contribution < -0.4 is 5.43 Å². The molecule has 0 heterocycles. The molecular formula is C18H18F2N2O2. The zero-order valence-electron chi connectivity index (χ0n) is 13.6. The van der Waals surface area contributed by atoms with Crippen LogP contribution in [0.1, 0.15) is 41.5 Å². The fourth-order valence-corrected chi connectivity index (χ4v) is 2.09. The van der Waals surface area contributed by atoms with E-state index in [-0.39, 0.29) is 0 Å². The third-order valence-corrected chi connectivity index (χ3v) is 3.30. The Labute approximate surface area is 139 Å². The summed E-state index contributed by atoms with van der Waals surface area (Å²) in [5.41, 5.74) is 1.16. The summed E-state index contributed by atoms with van der Waals surface area (Å²) in [6, 6.07) is 11.4. The van der Waals surface area contributed by atoms with Crippen LogP contribution in [0.3, 0.4) is 0 Å². The number of nitrogens with zero attached hydrogens (tertiary/aromatic N) is 1. The maximum Gasteiger partial charge on any atom is 0.278 e. The summed E-state index contributed by atoms with van der Waals surface area (Å²) in [6.07, 6.45) is 0. The van der Waals surface area contributed by atoms with Gasteiger partial charge in [-0.3, -0.25) is 15.0 Å². The highest BCUT2D eigenvalue weighted by atomic mass is 19.1. The second kappa shape index (κ2) is 6.78. The molecule has 0 saturated heterocycles. The molecule has 2 aromatic carbocycles. The highest BCUT2D eigenvalue weighted by Gasteiger charge is 2.32. The van der Waals surface area contributed by atoms with E-state index in [0.717, 1.165) is 17.1 Å². The van der Waals surface area contributed by atoms with Crippen LogP contribution in [0.2, 0.25) is 0 Å². The largest absolute Gasteiger partial charge is 0.278 e. The quantitative estimate of drug-likeness (QED) is 0.855. The molecule has 24 heavy (non-hydrogen) atoms. The first-order valence-corrected chi connectivity index (χ1v) is 7.36. The van der Waals surface area contributed by atoms with Gasteiger partial charge in [0.25, 0.3) is 11.8 Å². The Bertz CT molecular complexity index is 735. The third kappa shape index (κ3) is 3.76. The molecule has 2 amide bonds. The van der Waals surface area contributed by atoms with Crippen molar-refractivity contribution in [3.05, 3.63) is 71.3 Å². The molecule has 4 nitrogen and oxygen atoms in total. The first-order valence-electron chi connectivity index (χ1n) is 7.36. The second-order valence-corrected chi connectivity index (χ2v) is 6.21. The maximum absolute atomic E-state index is 13.9. The SMILES string of the molecule is CC(C)(C)N(NC(=O)c1ccccc1)C(=O)c1c(F)cccc1F. The minimum atomic E-state index is -0.983. The molecular weight excluding hydrogens is 314 g/mol. The molecule has 0 radical (unpaired) electrons. The standard InChI is InChI=1S/C18H18F2N2O2/c1-18(2,3)22(21-16(23)12-8-5-4-6-9-12)17(24)15-13(19)10-7-11-14(15)20/h4-11H,1-3H3,(H,21,23). The number of benzene rings is 2. The smallest absolute Gasteiger partial charge is 0.267 e. The molecule has 0 spiro atoms. The van der Waals surface area contributed by atoms with Crippen molar-refractivity contribution in [2.24, 2.45) is 0 Å². The molecule has 0 aliphatic carbocycles. The van der Waals surface area contributed by atoms with Crippen LogP contribution in [0.25, 0.3) is 0 Å². The number of carbonyl (C=O) groups is 2. The lowest BCUT2D eigenvalue weighted by atomic mass is 10.1. The minimum absolute atomic E-state index is 0.327. The van der Waals surface area contributed by atoms with Crippen molar-refractivity contribution in [3.63, 3.8) is 0 Å². The maximum atomic E-state index is 13.9. The van der Waals surface area contributed by atoms with Crippen molar-refractivity contribution in [3.8, 4) is 0 Å². The second-order valence-electron chi connectivity index (χ2n) is 6.21. The van der Waals surface area contributed by atoms with E-state index in [0.29, 0.717) is 5.56 Å². The van der Waals surface area contributed by atoms with E-state index in [1.165, 1.54) is 6.07 Å². The molecule has 0 unspecified atom stereocenters. The van der Waals surface area contributed by atoms with Gasteiger partial charge in [0.15, 0.2) is 0 Å². The van der Waals surface area contributed by atoms with Gasteiger partial charge in [-0.15, -0.1) is 0 Å². The molecule has 2 rings (SSSR count). The number of hydrogen-bond acceptors (Lipinski definition) is 2. The summed E-state index contributed by atoms with van der Waals surface area (Å²) < 4.78 is 27.8. The van der Waals surface area contributed by atoms with Crippen LogP contribution >= 0.6 is 0 Å². The van der Waals surface area contributed by atoms with Gasteiger partial charge in [0.1, 0.15) is 17.2 Å². The number of amides is 2. The number of carbonyl (C=O) groups excluding carboxylic acids is 2. The molecule has 6 heteroatoms. The van der Waals surface area contributed by atoms with Crippen LogP contribution in [-0.2, 0) is 0 Å². The molecule has 0 saturated carbocycles. The topological polar surface area (TPSA) is 49.4 Å². The number of halogens is 2. The molecule has 0 aliphatic heterocycles. The van der Waals surface area contributed by atoms with E-state index in [1.54, 1.807) is 51.1 Å². The molecule has 0 atom stereocenters. The highest BCUT2D eigenvalue weighted by molar-refractivity contribution is 5.99. The van der Waals surface area contributed by atoms with Gasteiger partial charge in [0, 0.05) is 5.56 Å². The Balaban J connectivity index is 2.36. The Morgan fingerprint density at radius 2 is 1.46 bits per heavy atom. The highest BCUT2D eigenvalue weighted by Crippen LogP contribution is 2.20. The Hall–Kier alpha value is -2.76. The number of hydrazine groups is 1. The van der Waals surface area contributed by atoms with Crippen molar-refractivity contribution >= 4 is 11.8 Å². The van der Waals surface area contributed by atoms with Crippen molar-refractivity contribution < 1.29 is 18.4 Å². The van der Waals surface area contributed by atoms with E-state index >= 15 is 0 Å². The molecule has 126 valence electrons. The van der Waals surface area contributed by atoms with Crippen LogP contribution in [-0.4, -0.2) is 22.4 Å². The summed E-state index contributed by atoms with van der Waals surface area (Å²) in [4.78, 5) is 24.9. The number of rotatable bonds is 2. The lowest BCUT2D eigenvalue weighted by Crippen LogP contribution is -2.56. The summed E-state index contributed by atoms with van der Waals surface area (Å²) in [7, 11) is 0. The molecule has 0 fully saturated rings. The Morgan fingerprint density at radius 3 is 1.96 bits per heavy atom. The van der Waals surface area contributed by atoms with Crippen LogP contribution in [0.5, 0.6) is 0 Å². The summed E-state index contributed by atoms with van der Waals surface area (Å²) in [6.45, 7) is 4.94. The molecule has 0 aliphatic rings. The van der Waals surface area contributed by atoms with E-state index in [2.05, 4.69) is 5.43 Å². The van der Waals surface area contributed by atoms with Gasteiger partial charge < -0.3 is 0 Å². The van der Waals surface area contributed by atoms with Crippen LogP contribution in [0, 0.1) is 11.6 Å². The number of nitrogens with one attached hydrogen (secondary N) is 1. The molecule has 0 bridgehead atoms. The van der Waals surface area contributed by atoms with E-state index in [9.17, 15) is 18.4 Å². The van der Waals surface area contributed by atoms with Crippen molar-refractivity contribution in [2.45, 2.75) is 26.3 Å². The molecule has 2 aromatic rings. The summed E-state index contributed by atoms with van der Waals surface area (Å²) >= 11 is 0. The van der Waals surface area contributed by atoms with Crippen molar-refractivity contribution in [1.29, 1.82) is 0 Å². The first kappa shape index (κ1) is 17.6. The average Bonchev–Trinajstić information content (AvgIpc) is 2.51.